The van der Waals surface area contributed by atoms with Crippen molar-refractivity contribution in [3.05, 3.63) is 28.8 Å². The van der Waals surface area contributed by atoms with Crippen LogP contribution in [0.1, 0.15) is 16.7 Å². The highest BCUT2D eigenvalue weighted by atomic mass is 16.5. The van der Waals surface area contributed by atoms with Crippen molar-refractivity contribution in [2.45, 2.75) is 26.5 Å². The van der Waals surface area contributed by atoms with E-state index in [2.05, 4.69) is 43.2 Å². The summed E-state index contributed by atoms with van der Waals surface area (Å²) in [6.45, 7) is 8.83. The maximum absolute atomic E-state index is 5.75. The molecule has 1 heterocycles. The van der Waals surface area contributed by atoms with Gasteiger partial charge in [-0.2, -0.15) is 0 Å². The van der Waals surface area contributed by atoms with Crippen molar-refractivity contribution in [1.29, 1.82) is 0 Å². The van der Waals surface area contributed by atoms with Gasteiger partial charge in [-0.15, -0.1) is 0 Å². The highest BCUT2D eigenvalue weighted by Gasteiger charge is 2.16. The first-order valence-electron chi connectivity index (χ1n) is 7.25. The van der Waals surface area contributed by atoms with Gasteiger partial charge in [-0.25, -0.2) is 0 Å². The van der Waals surface area contributed by atoms with Crippen LogP contribution in [-0.4, -0.2) is 51.4 Å². The molecule has 0 aromatic heterocycles. The number of nitrogens with one attached hydrogen (secondary N) is 1. The topological polar surface area (TPSA) is 33.7 Å². The molecule has 2 rings (SSSR count). The Morgan fingerprint density at radius 3 is 2.65 bits per heavy atom. The molecule has 20 heavy (non-hydrogen) atoms. The Bertz CT molecular complexity index is 425. The highest BCUT2D eigenvalue weighted by molar-refractivity contribution is 5.43. The van der Waals surface area contributed by atoms with Gasteiger partial charge in [0.05, 0.1) is 19.8 Å². The molecule has 1 aromatic carbocycles. The smallest absolute Gasteiger partial charge is 0.124 e. The van der Waals surface area contributed by atoms with Crippen LogP contribution in [0.2, 0.25) is 0 Å². The second-order valence-electron chi connectivity index (χ2n) is 5.65. The molecule has 1 atom stereocenters. The molecule has 0 unspecified atom stereocenters. The van der Waals surface area contributed by atoms with Crippen LogP contribution in [0.3, 0.4) is 0 Å². The van der Waals surface area contributed by atoms with Crippen molar-refractivity contribution in [2.24, 2.45) is 0 Å². The van der Waals surface area contributed by atoms with Crippen LogP contribution >= 0.6 is 0 Å². The summed E-state index contributed by atoms with van der Waals surface area (Å²) in [6.07, 6.45) is 0.300. The quantitative estimate of drug-likeness (QED) is 0.889. The molecule has 1 aliphatic heterocycles. The summed E-state index contributed by atoms with van der Waals surface area (Å²) >= 11 is 0. The maximum Gasteiger partial charge on any atom is 0.124 e. The Morgan fingerprint density at radius 2 is 2.05 bits per heavy atom. The third kappa shape index (κ3) is 3.95. The van der Waals surface area contributed by atoms with Crippen LogP contribution in [0.25, 0.3) is 0 Å². The molecule has 0 spiro atoms. The van der Waals surface area contributed by atoms with E-state index in [9.17, 15) is 0 Å². The van der Waals surface area contributed by atoms with Crippen LogP contribution in [0.4, 0.5) is 0 Å². The first kappa shape index (κ1) is 15.3. The second-order valence-corrected chi connectivity index (χ2v) is 5.65. The van der Waals surface area contributed by atoms with Crippen LogP contribution in [0.5, 0.6) is 5.75 Å². The highest BCUT2D eigenvalue weighted by Crippen LogP contribution is 2.24. The SMILES string of the molecule is COc1c(C)cc(CNC[C@H]2CN(C)CCO2)cc1C. The summed E-state index contributed by atoms with van der Waals surface area (Å²) < 4.78 is 11.1. The fourth-order valence-electron chi connectivity index (χ4n) is 2.83. The molecule has 1 aromatic rings. The first-order valence-corrected chi connectivity index (χ1v) is 7.25. The minimum Gasteiger partial charge on any atom is -0.496 e. The number of benzene rings is 1. The lowest BCUT2D eigenvalue weighted by atomic mass is 10.1. The largest absolute Gasteiger partial charge is 0.496 e. The third-order valence-corrected chi connectivity index (χ3v) is 3.77. The average molecular weight is 278 g/mol. The Morgan fingerprint density at radius 1 is 1.35 bits per heavy atom. The number of ether oxygens (including phenoxy) is 2. The van der Waals surface area contributed by atoms with E-state index in [0.29, 0.717) is 6.10 Å². The van der Waals surface area contributed by atoms with Crippen LogP contribution in [-0.2, 0) is 11.3 Å². The van der Waals surface area contributed by atoms with Gasteiger partial charge in [0.1, 0.15) is 5.75 Å². The summed E-state index contributed by atoms with van der Waals surface area (Å²) in [4.78, 5) is 2.32. The molecule has 0 bridgehead atoms. The van der Waals surface area contributed by atoms with E-state index in [4.69, 9.17) is 9.47 Å². The zero-order valence-electron chi connectivity index (χ0n) is 13.0. The zero-order chi connectivity index (χ0) is 14.5. The second kappa shape index (κ2) is 7.07. The van der Waals surface area contributed by atoms with Gasteiger partial charge in [0.25, 0.3) is 0 Å². The van der Waals surface area contributed by atoms with E-state index in [0.717, 1.165) is 38.5 Å². The molecule has 4 nitrogen and oxygen atoms in total. The van der Waals surface area contributed by atoms with Crippen molar-refractivity contribution in [3.8, 4) is 5.75 Å². The van der Waals surface area contributed by atoms with Crippen molar-refractivity contribution in [2.75, 3.05) is 40.4 Å². The lowest BCUT2D eigenvalue weighted by molar-refractivity contribution is -0.0182. The fraction of sp³-hybridized carbons (Fsp3) is 0.625. The number of nitrogens with zero attached hydrogens (tertiary/aromatic N) is 1. The van der Waals surface area contributed by atoms with Crippen LogP contribution < -0.4 is 10.1 Å². The van der Waals surface area contributed by atoms with Crippen LogP contribution in [0.15, 0.2) is 12.1 Å². The number of hydrogen-bond donors (Lipinski definition) is 1. The van der Waals surface area contributed by atoms with Gasteiger partial charge in [-0.1, -0.05) is 12.1 Å². The van der Waals surface area contributed by atoms with E-state index in [1.165, 1.54) is 16.7 Å². The molecule has 0 amide bonds. The molecular formula is C16H26N2O2. The molecule has 1 aliphatic rings. The average Bonchev–Trinajstić information content (AvgIpc) is 2.38. The number of morpholine rings is 1. The molecule has 1 saturated heterocycles. The minimum absolute atomic E-state index is 0.300. The van der Waals surface area contributed by atoms with E-state index in [-0.39, 0.29) is 0 Å². The van der Waals surface area contributed by atoms with Gasteiger partial charge < -0.3 is 19.7 Å². The first-order chi connectivity index (χ1) is 9.60. The van der Waals surface area contributed by atoms with E-state index < -0.39 is 0 Å². The summed E-state index contributed by atoms with van der Waals surface area (Å²) in [5, 5.41) is 3.49. The van der Waals surface area contributed by atoms with E-state index >= 15 is 0 Å². The van der Waals surface area contributed by atoms with Gasteiger partial charge in [0.2, 0.25) is 0 Å². The fourth-order valence-corrected chi connectivity index (χ4v) is 2.83. The van der Waals surface area contributed by atoms with Crippen LogP contribution in [0, 0.1) is 13.8 Å². The van der Waals surface area contributed by atoms with Crippen molar-refractivity contribution in [1.82, 2.24) is 10.2 Å². The number of rotatable bonds is 5. The molecule has 4 heteroatoms. The van der Waals surface area contributed by atoms with Gasteiger partial charge in [-0.3, -0.25) is 0 Å². The summed E-state index contributed by atoms with van der Waals surface area (Å²) in [7, 11) is 3.87. The summed E-state index contributed by atoms with van der Waals surface area (Å²) in [5.74, 6) is 0.992. The number of aryl methyl sites for hydroxylation is 2. The lowest BCUT2D eigenvalue weighted by Gasteiger charge is -2.30. The Labute approximate surface area is 122 Å². The molecule has 1 fully saturated rings. The Balaban J connectivity index is 1.85. The Kier molecular flexibility index (Phi) is 5.40. The molecule has 1 N–H and O–H groups in total. The van der Waals surface area contributed by atoms with E-state index in [1.807, 2.05) is 0 Å². The van der Waals surface area contributed by atoms with Gasteiger partial charge in [0, 0.05) is 26.2 Å². The molecule has 0 aliphatic carbocycles. The Hall–Kier alpha value is -1.10. The standard InChI is InChI=1S/C16H26N2O2/c1-12-7-14(8-13(2)16(12)19-4)9-17-10-15-11-18(3)5-6-20-15/h7-8,15,17H,5-6,9-11H2,1-4H3/t15-/m0/s1. The predicted molar refractivity (Wildman–Crippen MR) is 81.4 cm³/mol. The molecule has 112 valence electrons. The van der Waals surface area contributed by atoms with Crippen molar-refractivity contribution >= 4 is 0 Å². The number of likely N-dealkylation sites (N-methyl/N-ethyl adjacent to an activating group) is 1. The normalized spacial score (nSPS) is 20.1. The lowest BCUT2D eigenvalue weighted by Crippen LogP contribution is -2.44. The van der Waals surface area contributed by atoms with Gasteiger partial charge in [0.15, 0.2) is 0 Å². The third-order valence-electron chi connectivity index (χ3n) is 3.77. The predicted octanol–water partition coefficient (Wildman–Crippen LogP) is 1.73. The van der Waals surface area contributed by atoms with Crippen molar-refractivity contribution in [3.63, 3.8) is 0 Å². The molecular weight excluding hydrogens is 252 g/mol. The number of methoxy groups -OCH3 is 1. The number of hydrogen-bond acceptors (Lipinski definition) is 4. The molecule has 0 radical (unpaired) electrons. The zero-order valence-corrected chi connectivity index (χ0v) is 13.0. The van der Waals surface area contributed by atoms with Gasteiger partial charge >= 0.3 is 0 Å². The molecule has 0 saturated carbocycles. The minimum atomic E-state index is 0.300. The van der Waals surface area contributed by atoms with Gasteiger partial charge in [-0.05, 0) is 37.6 Å². The summed E-state index contributed by atoms with van der Waals surface area (Å²) in [5.41, 5.74) is 3.68. The van der Waals surface area contributed by atoms with E-state index in [1.54, 1.807) is 7.11 Å². The van der Waals surface area contributed by atoms with Crippen molar-refractivity contribution < 1.29 is 9.47 Å². The summed E-state index contributed by atoms with van der Waals surface area (Å²) in [6, 6.07) is 4.37. The maximum atomic E-state index is 5.75. The monoisotopic (exact) mass is 278 g/mol.